The lowest BCUT2D eigenvalue weighted by Gasteiger charge is -2.27. The Balaban J connectivity index is 1.44. The summed E-state index contributed by atoms with van der Waals surface area (Å²) in [5.41, 5.74) is 4.04. The number of aromatic nitrogens is 2. The summed E-state index contributed by atoms with van der Waals surface area (Å²) < 4.78 is 1.05. The van der Waals surface area contributed by atoms with Gasteiger partial charge in [0.05, 0.1) is 11.3 Å². The molecule has 0 saturated carbocycles. The number of benzene rings is 2. The SMILES string of the molecule is O=c1[nH]c(NCc2ccc(Br)cc2)nc2c1CN(Cc1ccccc1)CC2. The predicted octanol–water partition coefficient (Wildman–Crippen LogP) is 3.70. The summed E-state index contributed by atoms with van der Waals surface area (Å²) in [7, 11) is 0. The van der Waals surface area contributed by atoms with E-state index >= 15 is 0 Å². The first-order valence-electron chi connectivity index (χ1n) is 9.04. The van der Waals surface area contributed by atoms with E-state index in [0.29, 0.717) is 19.0 Å². The smallest absolute Gasteiger partial charge is 0.257 e. The number of fused-ring (bicyclic) bond motifs is 1. The highest BCUT2D eigenvalue weighted by molar-refractivity contribution is 9.10. The minimum Gasteiger partial charge on any atom is -0.352 e. The van der Waals surface area contributed by atoms with Crippen LogP contribution in [0.4, 0.5) is 5.95 Å². The Labute approximate surface area is 166 Å². The average molecular weight is 425 g/mol. The van der Waals surface area contributed by atoms with Crippen molar-refractivity contribution in [3.63, 3.8) is 0 Å². The number of hydrogen-bond acceptors (Lipinski definition) is 4. The molecule has 27 heavy (non-hydrogen) atoms. The maximum Gasteiger partial charge on any atom is 0.257 e. The van der Waals surface area contributed by atoms with E-state index in [1.165, 1.54) is 5.56 Å². The molecule has 5 nitrogen and oxygen atoms in total. The highest BCUT2D eigenvalue weighted by Crippen LogP contribution is 2.18. The summed E-state index contributed by atoms with van der Waals surface area (Å²) in [6.07, 6.45) is 0.791. The van der Waals surface area contributed by atoms with Crippen LogP contribution in [0.3, 0.4) is 0 Å². The van der Waals surface area contributed by atoms with Gasteiger partial charge in [0.2, 0.25) is 5.95 Å². The molecule has 1 aliphatic heterocycles. The molecule has 138 valence electrons. The highest BCUT2D eigenvalue weighted by Gasteiger charge is 2.21. The second-order valence-electron chi connectivity index (χ2n) is 6.77. The van der Waals surface area contributed by atoms with E-state index in [1.54, 1.807) is 0 Å². The van der Waals surface area contributed by atoms with Gasteiger partial charge in [-0.1, -0.05) is 58.4 Å². The molecular weight excluding hydrogens is 404 g/mol. The number of rotatable bonds is 5. The van der Waals surface area contributed by atoms with Gasteiger partial charge in [0.1, 0.15) is 0 Å². The van der Waals surface area contributed by atoms with E-state index in [9.17, 15) is 4.79 Å². The quantitative estimate of drug-likeness (QED) is 0.655. The van der Waals surface area contributed by atoms with Crippen LogP contribution in [0.2, 0.25) is 0 Å². The molecule has 0 unspecified atom stereocenters. The molecule has 1 aromatic heterocycles. The van der Waals surface area contributed by atoms with Gasteiger partial charge in [0.15, 0.2) is 0 Å². The van der Waals surface area contributed by atoms with Crippen molar-refractivity contribution in [2.45, 2.75) is 26.1 Å². The van der Waals surface area contributed by atoms with Gasteiger partial charge in [-0.3, -0.25) is 14.7 Å². The molecule has 4 rings (SSSR count). The van der Waals surface area contributed by atoms with Gasteiger partial charge >= 0.3 is 0 Å². The molecule has 0 spiro atoms. The average Bonchev–Trinajstić information content (AvgIpc) is 2.69. The summed E-state index contributed by atoms with van der Waals surface area (Å²) in [6.45, 7) is 3.02. The van der Waals surface area contributed by atoms with Gasteiger partial charge in [-0.2, -0.15) is 0 Å². The van der Waals surface area contributed by atoms with Gasteiger partial charge in [0, 0.05) is 37.1 Å². The van der Waals surface area contributed by atoms with Crippen molar-refractivity contribution in [2.75, 3.05) is 11.9 Å². The van der Waals surface area contributed by atoms with Crippen molar-refractivity contribution in [1.29, 1.82) is 0 Å². The van der Waals surface area contributed by atoms with E-state index in [1.807, 2.05) is 42.5 Å². The van der Waals surface area contributed by atoms with Gasteiger partial charge in [-0.05, 0) is 23.3 Å². The van der Waals surface area contributed by atoms with Crippen molar-refractivity contribution in [1.82, 2.24) is 14.9 Å². The molecule has 0 amide bonds. The Morgan fingerprint density at radius 3 is 2.63 bits per heavy atom. The fourth-order valence-corrected chi connectivity index (χ4v) is 3.59. The molecule has 1 aliphatic rings. The normalized spacial score (nSPS) is 14.0. The molecular formula is C21H21BrN4O. The molecule has 0 radical (unpaired) electrons. The van der Waals surface area contributed by atoms with Gasteiger partial charge in [0.25, 0.3) is 5.56 Å². The Hall–Kier alpha value is -2.44. The van der Waals surface area contributed by atoms with Crippen LogP contribution >= 0.6 is 15.9 Å². The maximum absolute atomic E-state index is 12.6. The molecule has 2 N–H and O–H groups in total. The van der Waals surface area contributed by atoms with Crippen LogP contribution in [-0.4, -0.2) is 21.4 Å². The minimum atomic E-state index is -0.0453. The minimum absolute atomic E-state index is 0.0453. The van der Waals surface area contributed by atoms with Crippen LogP contribution in [0.5, 0.6) is 0 Å². The van der Waals surface area contributed by atoms with E-state index in [-0.39, 0.29) is 5.56 Å². The molecule has 0 aliphatic carbocycles. The summed E-state index contributed by atoms with van der Waals surface area (Å²) in [6, 6.07) is 18.4. The Kier molecular flexibility index (Phi) is 5.36. The zero-order valence-electron chi connectivity index (χ0n) is 14.9. The van der Waals surface area contributed by atoms with Crippen LogP contribution in [0, 0.1) is 0 Å². The number of halogens is 1. The molecule has 2 heterocycles. The van der Waals surface area contributed by atoms with Crippen LogP contribution in [0.15, 0.2) is 63.9 Å². The van der Waals surface area contributed by atoms with E-state index in [4.69, 9.17) is 0 Å². The van der Waals surface area contributed by atoms with Gasteiger partial charge in [-0.25, -0.2) is 4.98 Å². The lowest BCUT2D eigenvalue weighted by Crippen LogP contribution is -2.35. The molecule has 0 fully saturated rings. The number of nitrogens with zero attached hydrogens (tertiary/aromatic N) is 2. The number of nitrogens with one attached hydrogen (secondary N) is 2. The van der Waals surface area contributed by atoms with E-state index in [2.05, 4.69) is 48.2 Å². The summed E-state index contributed by atoms with van der Waals surface area (Å²) in [5.74, 6) is 0.540. The highest BCUT2D eigenvalue weighted by atomic mass is 79.9. The number of hydrogen-bond donors (Lipinski definition) is 2. The van der Waals surface area contributed by atoms with Crippen molar-refractivity contribution in [2.24, 2.45) is 0 Å². The third-order valence-electron chi connectivity index (χ3n) is 4.77. The number of H-pyrrole nitrogens is 1. The van der Waals surface area contributed by atoms with Crippen LogP contribution < -0.4 is 10.9 Å². The van der Waals surface area contributed by atoms with Crippen LogP contribution in [0.1, 0.15) is 22.4 Å². The Morgan fingerprint density at radius 1 is 1.07 bits per heavy atom. The fraction of sp³-hybridized carbons (Fsp3) is 0.238. The molecule has 3 aromatic rings. The maximum atomic E-state index is 12.6. The number of anilines is 1. The van der Waals surface area contributed by atoms with E-state index in [0.717, 1.165) is 40.8 Å². The monoisotopic (exact) mass is 424 g/mol. The topological polar surface area (TPSA) is 61.0 Å². The first-order valence-corrected chi connectivity index (χ1v) is 9.83. The predicted molar refractivity (Wildman–Crippen MR) is 111 cm³/mol. The van der Waals surface area contributed by atoms with Crippen LogP contribution in [0.25, 0.3) is 0 Å². The zero-order chi connectivity index (χ0) is 18.6. The molecule has 0 bridgehead atoms. The second-order valence-corrected chi connectivity index (χ2v) is 7.68. The molecule has 0 atom stereocenters. The largest absolute Gasteiger partial charge is 0.352 e. The molecule has 6 heteroatoms. The van der Waals surface area contributed by atoms with Crippen molar-refractivity contribution in [3.05, 3.63) is 91.8 Å². The summed E-state index contributed by atoms with van der Waals surface area (Å²) in [5, 5.41) is 3.23. The molecule has 0 saturated heterocycles. The Bertz CT molecular complexity index is 970. The van der Waals surface area contributed by atoms with Crippen molar-refractivity contribution in [3.8, 4) is 0 Å². The third-order valence-corrected chi connectivity index (χ3v) is 5.30. The lowest BCUT2D eigenvalue weighted by molar-refractivity contribution is 0.242. The first kappa shape index (κ1) is 17.9. The van der Waals surface area contributed by atoms with Crippen molar-refractivity contribution < 1.29 is 0 Å². The fourth-order valence-electron chi connectivity index (χ4n) is 3.33. The molecule has 2 aromatic carbocycles. The summed E-state index contributed by atoms with van der Waals surface area (Å²) >= 11 is 3.43. The van der Waals surface area contributed by atoms with Gasteiger partial charge < -0.3 is 5.32 Å². The summed E-state index contributed by atoms with van der Waals surface area (Å²) in [4.78, 5) is 22.4. The third kappa shape index (κ3) is 4.46. The standard InChI is InChI=1S/C21H21BrN4O/c22-17-8-6-15(7-9-17)12-23-21-24-19-10-11-26(14-18(19)20(27)25-21)13-16-4-2-1-3-5-16/h1-9H,10-14H2,(H2,23,24,25,27). The van der Waals surface area contributed by atoms with Crippen LogP contribution in [-0.2, 0) is 26.1 Å². The zero-order valence-corrected chi connectivity index (χ0v) is 16.5. The lowest BCUT2D eigenvalue weighted by atomic mass is 10.1. The second kappa shape index (κ2) is 8.06. The Morgan fingerprint density at radius 2 is 1.85 bits per heavy atom. The van der Waals surface area contributed by atoms with E-state index < -0.39 is 0 Å². The number of aromatic amines is 1. The van der Waals surface area contributed by atoms with Crippen molar-refractivity contribution >= 4 is 21.9 Å². The first-order chi connectivity index (χ1) is 13.2. The van der Waals surface area contributed by atoms with Gasteiger partial charge in [-0.15, -0.1) is 0 Å².